The van der Waals surface area contributed by atoms with Gasteiger partial charge in [-0.3, -0.25) is 0 Å². The standard InChI is InChI=1S/C16H23ClN2/c1-11(2)13(4)10-19-15-9-12(3)5-6-14(15)18-16(19)7-8-17/h5-6,9,11,13H,7-8,10H2,1-4H3. The highest BCUT2D eigenvalue weighted by molar-refractivity contribution is 6.17. The predicted molar refractivity (Wildman–Crippen MR) is 82.9 cm³/mol. The predicted octanol–water partition coefficient (Wildman–Crippen LogP) is 4.42. The molecule has 1 atom stereocenters. The van der Waals surface area contributed by atoms with Gasteiger partial charge in [0.1, 0.15) is 5.82 Å². The molecule has 0 spiro atoms. The second-order valence-electron chi connectivity index (χ2n) is 5.79. The highest BCUT2D eigenvalue weighted by Crippen LogP contribution is 2.22. The van der Waals surface area contributed by atoms with E-state index in [9.17, 15) is 0 Å². The summed E-state index contributed by atoms with van der Waals surface area (Å²) < 4.78 is 2.36. The maximum absolute atomic E-state index is 5.91. The Morgan fingerprint density at radius 1 is 1.26 bits per heavy atom. The number of alkyl halides is 1. The Hall–Kier alpha value is -1.02. The van der Waals surface area contributed by atoms with E-state index in [1.807, 2.05) is 0 Å². The largest absolute Gasteiger partial charge is 0.328 e. The zero-order valence-corrected chi connectivity index (χ0v) is 13.0. The molecule has 0 amide bonds. The van der Waals surface area contributed by atoms with Crippen LogP contribution in [0.5, 0.6) is 0 Å². The minimum absolute atomic E-state index is 0.623. The maximum Gasteiger partial charge on any atom is 0.111 e. The zero-order chi connectivity index (χ0) is 14.0. The third kappa shape index (κ3) is 3.11. The summed E-state index contributed by atoms with van der Waals surface area (Å²) in [6.07, 6.45) is 0.833. The van der Waals surface area contributed by atoms with E-state index in [-0.39, 0.29) is 0 Å². The minimum atomic E-state index is 0.623. The molecule has 0 aliphatic heterocycles. The molecular weight excluding hydrogens is 256 g/mol. The van der Waals surface area contributed by atoms with Gasteiger partial charge in [-0.05, 0) is 36.5 Å². The molecule has 2 rings (SSSR count). The summed E-state index contributed by atoms with van der Waals surface area (Å²) in [5.41, 5.74) is 3.61. The summed E-state index contributed by atoms with van der Waals surface area (Å²) in [6.45, 7) is 10.00. The lowest BCUT2D eigenvalue weighted by molar-refractivity contribution is 0.364. The van der Waals surface area contributed by atoms with Gasteiger partial charge < -0.3 is 4.57 Å². The molecule has 3 heteroatoms. The molecule has 1 heterocycles. The van der Waals surface area contributed by atoms with Gasteiger partial charge in [0.2, 0.25) is 0 Å². The van der Waals surface area contributed by atoms with E-state index < -0.39 is 0 Å². The Kier molecular flexibility index (Phi) is 4.51. The Balaban J connectivity index is 2.47. The van der Waals surface area contributed by atoms with Crippen LogP contribution in [-0.4, -0.2) is 15.4 Å². The molecule has 0 radical (unpaired) electrons. The number of nitrogens with zero attached hydrogens (tertiary/aromatic N) is 2. The van der Waals surface area contributed by atoms with E-state index in [2.05, 4.69) is 50.5 Å². The van der Waals surface area contributed by atoms with Gasteiger partial charge in [-0.1, -0.05) is 26.8 Å². The summed E-state index contributed by atoms with van der Waals surface area (Å²) in [7, 11) is 0. The lowest BCUT2D eigenvalue weighted by atomic mass is 9.98. The number of hydrogen-bond donors (Lipinski definition) is 0. The van der Waals surface area contributed by atoms with Gasteiger partial charge in [0.15, 0.2) is 0 Å². The van der Waals surface area contributed by atoms with Gasteiger partial charge in [0.25, 0.3) is 0 Å². The number of benzene rings is 1. The van der Waals surface area contributed by atoms with Gasteiger partial charge in [-0.15, -0.1) is 11.6 Å². The Morgan fingerprint density at radius 2 is 2.00 bits per heavy atom. The molecule has 2 nitrogen and oxygen atoms in total. The first-order chi connectivity index (χ1) is 9.02. The molecule has 0 bridgehead atoms. The maximum atomic E-state index is 5.91. The first-order valence-corrected chi connectivity index (χ1v) is 7.58. The molecule has 0 aliphatic rings. The van der Waals surface area contributed by atoms with E-state index in [0.29, 0.717) is 17.7 Å². The zero-order valence-electron chi connectivity index (χ0n) is 12.3. The number of hydrogen-bond acceptors (Lipinski definition) is 1. The van der Waals surface area contributed by atoms with Crippen LogP contribution in [0.3, 0.4) is 0 Å². The Morgan fingerprint density at radius 3 is 2.63 bits per heavy atom. The fraction of sp³-hybridized carbons (Fsp3) is 0.562. The van der Waals surface area contributed by atoms with E-state index in [1.165, 1.54) is 11.1 Å². The van der Waals surface area contributed by atoms with Crippen LogP contribution in [0.1, 0.15) is 32.2 Å². The second kappa shape index (κ2) is 5.96. The monoisotopic (exact) mass is 278 g/mol. The van der Waals surface area contributed by atoms with Crippen molar-refractivity contribution in [2.45, 2.75) is 40.7 Å². The Bertz CT molecular complexity index is 557. The van der Waals surface area contributed by atoms with Gasteiger partial charge in [0.05, 0.1) is 11.0 Å². The van der Waals surface area contributed by atoms with Crippen LogP contribution in [0, 0.1) is 18.8 Å². The number of halogens is 1. The fourth-order valence-electron chi connectivity index (χ4n) is 2.26. The van der Waals surface area contributed by atoms with Crippen LogP contribution >= 0.6 is 11.6 Å². The highest BCUT2D eigenvalue weighted by Gasteiger charge is 2.15. The number of aromatic nitrogens is 2. The van der Waals surface area contributed by atoms with Crippen molar-refractivity contribution < 1.29 is 0 Å². The third-order valence-electron chi connectivity index (χ3n) is 3.91. The van der Waals surface area contributed by atoms with Crippen molar-refractivity contribution in [2.75, 3.05) is 5.88 Å². The van der Waals surface area contributed by atoms with E-state index >= 15 is 0 Å². The lowest BCUT2D eigenvalue weighted by Crippen LogP contribution is -2.15. The van der Waals surface area contributed by atoms with Gasteiger partial charge in [-0.25, -0.2) is 4.98 Å². The Labute approximate surface area is 120 Å². The summed E-state index contributed by atoms with van der Waals surface area (Å²) in [5, 5.41) is 0. The molecule has 1 aromatic heterocycles. The van der Waals surface area contributed by atoms with E-state index in [1.54, 1.807) is 0 Å². The number of imidazole rings is 1. The van der Waals surface area contributed by atoms with Gasteiger partial charge in [0, 0.05) is 18.8 Å². The van der Waals surface area contributed by atoms with Crippen molar-refractivity contribution in [2.24, 2.45) is 11.8 Å². The average Bonchev–Trinajstić information content (AvgIpc) is 2.68. The minimum Gasteiger partial charge on any atom is -0.328 e. The van der Waals surface area contributed by atoms with Gasteiger partial charge >= 0.3 is 0 Å². The smallest absolute Gasteiger partial charge is 0.111 e. The molecule has 0 fully saturated rings. The summed E-state index contributed by atoms with van der Waals surface area (Å²) in [5.74, 6) is 3.04. The van der Waals surface area contributed by atoms with Crippen LogP contribution in [-0.2, 0) is 13.0 Å². The normalized spacial score (nSPS) is 13.4. The van der Waals surface area contributed by atoms with Crippen LogP contribution < -0.4 is 0 Å². The van der Waals surface area contributed by atoms with Crippen LogP contribution in [0.2, 0.25) is 0 Å². The summed E-state index contributed by atoms with van der Waals surface area (Å²) in [6, 6.07) is 6.46. The fourth-order valence-corrected chi connectivity index (χ4v) is 2.43. The van der Waals surface area contributed by atoms with Gasteiger partial charge in [-0.2, -0.15) is 0 Å². The second-order valence-corrected chi connectivity index (χ2v) is 6.17. The molecular formula is C16H23ClN2. The number of aryl methyl sites for hydroxylation is 2. The van der Waals surface area contributed by atoms with E-state index in [4.69, 9.17) is 16.6 Å². The van der Waals surface area contributed by atoms with Crippen LogP contribution in [0.15, 0.2) is 18.2 Å². The first-order valence-electron chi connectivity index (χ1n) is 7.04. The number of fused-ring (bicyclic) bond motifs is 1. The third-order valence-corrected chi connectivity index (χ3v) is 4.10. The average molecular weight is 279 g/mol. The molecule has 0 N–H and O–H groups in total. The summed E-state index contributed by atoms with van der Waals surface area (Å²) >= 11 is 5.91. The quantitative estimate of drug-likeness (QED) is 0.741. The molecule has 104 valence electrons. The van der Waals surface area contributed by atoms with Crippen molar-refractivity contribution >= 4 is 22.6 Å². The van der Waals surface area contributed by atoms with Crippen molar-refractivity contribution in [3.63, 3.8) is 0 Å². The lowest BCUT2D eigenvalue weighted by Gasteiger charge is -2.18. The van der Waals surface area contributed by atoms with Crippen LogP contribution in [0.4, 0.5) is 0 Å². The number of rotatable bonds is 5. The molecule has 0 aliphatic carbocycles. The highest BCUT2D eigenvalue weighted by atomic mass is 35.5. The molecule has 2 aromatic rings. The van der Waals surface area contributed by atoms with Crippen molar-refractivity contribution in [3.05, 3.63) is 29.6 Å². The van der Waals surface area contributed by atoms with Crippen molar-refractivity contribution in [1.82, 2.24) is 9.55 Å². The molecule has 1 aromatic carbocycles. The van der Waals surface area contributed by atoms with E-state index in [0.717, 1.165) is 24.3 Å². The summed E-state index contributed by atoms with van der Waals surface area (Å²) in [4.78, 5) is 4.73. The molecule has 1 unspecified atom stereocenters. The molecule has 19 heavy (non-hydrogen) atoms. The van der Waals surface area contributed by atoms with Crippen molar-refractivity contribution in [3.8, 4) is 0 Å². The SMILES string of the molecule is Cc1ccc2nc(CCCl)n(CC(C)C(C)C)c2c1. The van der Waals surface area contributed by atoms with Crippen LogP contribution in [0.25, 0.3) is 11.0 Å². The molecule has 0 saturated heterocycles. The first kappa shape index (κ1) is 14.4. The molecule has 0 saturated carbocycles. The topological polar surface area (TPSA) is 17.8 Å². The van der Waals surface area contributed by atoms with Crippen molar-refractivity contribution in [1.29, 1.82) is 0 Å².